The number of para-hydroxylation sites is 2. The Bertz CT molecular complexity index is 906. The number of benzene rings is 3. The van der Waals surface area contributed by atoms with Crippen molar-refractivity contribution in [3.63, 3.8) is 0 Å². The molecular formula is C19H18N2O3. The topological polar surface area (TPSA) is 70.6 Å². The highest BCUT2D eigenvalue weighted by Gasteiger charge is 2.16. The molecule has 0 spiro atoms. The van der Waals surface area contributed by atoms with E-state index in [-0.39, 0.29) is 11.3 Å². The number of nitrogens with one attached hydrogen (secondary N) is 2. The van der Waals surface area contributed by atoms with Crippen LogP contribution in [0.3, 0.4) is 0 Å². The predicted octanol–water partition coefficient (Wildman–Crippen LogP) is 3.85. The molecule has 0 bridgehead atoms. The Kier molecular flexibility index (Phi) is 4.24. The highest BCUT2D eigenvalue weighted by atomic mass is 16.5. The number of rotatable bonds is 4. The van der Waals surface area contributed by atoms with Crippen molar-refractivity contribution in [2.75, 3.05) is 24.8 Å². The average molecular weight is 322 g/mol. The van der Waals surface area contributed by atoms with Gasteiger partial charge in [0.2, 0.25) is 0 Å². The highest BCUT2D eigenvalue weighted by molar-refractivity contribution is 6.11. The molecule has 0 heterocycles. The van der Waals surface area contributed by atoms with Gasteiger partial charge in [-0.3, -0.25) is 4.79 Å². The molecule has 122 valence electrons. The molecule has 0 aliphatic rings. The molecule has 5 nitrogen and oxygen atoms in total. The van der Waals surface area contributed by atoms with Crippen LogP contribution in [0.5, 0.6) is 11.5 Å². The first-order valence-electron chi connectivity index (χ1n) is 7.52. The maximum atomic E-state index is 12.6. The van der Waals surface area contributed by atoms with Gasteiger partial charge in [-0.15, -0.1) is 0 Å². The normalized spacial score (nSPS) is 10.4. The number of hydrogen-bond donors (Lipinski definition) is 3. The fourth-order valence-electron chi connectivity index (χ4n) is 2.68. The van der Waals surface area contributed by atoms with Gasteiger partial charge in [0.25, 0.3) is 5.91 Å². The maximum absolute atomic E-state index is 12.6. The molecule has 0 fully saturated rings. The van der Waals surface area contributed by atoms with Gasteiger partial charge in [0.15, 0.2) is 0 Å². The van der Waals surface area contributed by atoms with Gasteiger partial charge in [0.05, 0.1) is 18.4 Å². The van der Waals surface area contributed by atoms with Crippen LogP contribution in [-0.2, 0) is 0 Å². The molecule has 0 radical (unpaired) electrons. The zero-order valence-corrected chi connectivity index (χ0v) is 13.5. The molecule has 24 heavy (non-hydrogen) atoms. The van der Waals surface area contributed by atoms with E-state index < -0.39 is 5.91 Å². The van der Waals surface area contributed by atoms with E-state index in [9.17, 15) is 9.90 Å². The molecule has 3 rings (SSSR count). The van der Waals surface area contributed by atoms with Crippen molar-refractivity contribution >= 4 is 28.1 Å². The molecule has 3 aromatic carbocycles. The molecule has 1 amide bonds. The lowest BCUT2D eigenvalue weighted by atomic mass is 10.0. The fourth-order valence-corrected chi connectivity index (χ4v) is 2.68. The van der Waals surface area contributed by atoms with Crippen molar-refractivity contribution < 1.29 is 14.6 Å². The molecule has 0 aromatic heterocycles. The maximum Gasteiger partial charge on any atom is 0.259 e. The third-order valence-corrected chi connectivity index (χ3v) is 3.90. The van der Waals surface area contributed by atoms with E-state index in [0.29, 0.717) is 16.8 Å². The number of phenolic OH excluding ortho intramolecular Hbond substituents is 1. The van der Waals surface area contributed by atoms with E-state index in [1.807, 2.05) is 31.3 Å². The summed E-state index contributed by atoms with van der Waals surface area (Å²) in [5, 5.41) is 17.8. The molecule has 3 N–H and O–H groups in total. The molecule has 0 saturated carbocycles. The lowest BCUT2D eigenvalue weighted by Crippen LogP contribution is -2.13. The van der Waals surface area contributed by atoms with E-state index in [4.69, 9.17) is 4.74 Å². The summed E-state index contributed by atoms with van der Waals surface area (Å²) in [4.78, 5) is 12.6. The predicted molar refractivity (Wildman–Crippen MR) is 96.1 cm³/mol. The smallest absolute Gasteiger partial charge is 0.259 e. The monoisotopic (exact) mass is 322 g/mol. The number of ether oxygens (including phenoxy) is 1. The molecule has 3 aromatic rings. The van der Waals surface area contributed by atoms with Gasteiger partial charge in [-0.05, 0) is 24.3 Å². The summed E-state index contributed by atoms with van der Waals surface area (Å²) in [7, 11) is 3.35. The summed E-state index contributed by atoms with van der Waals surface area (Å²) < 4.78 is 5.23. The highest BCUT2D eigenvalue weighted by Crippen LogP contribution is 2.33. The standard InChI is InChI=1S/C19H18N2O3/c1-20-15-8-5-6-13-12(15)10-11-14(18(13)22)19(23)21-16-7-3-4-9-17(16)24-2/h3-11,20,22H,1-2H3,(H,21,23). The summed E-state index contributed by atoms with van der Waals surface area (Å²) in [6.07, 6.45) is 0. The van der Waals surface area contributed by atoms with Gasteiger partial charge in [-0.25, -0.2) is 0 Å². The third kappa shape index (κ3) is 2.72. The number of methoxy groups -OCH3 is 1. The molecule has 5 heteroatoms. The minimum absolute atomic E-state index is 0.0444. The summed E-state index contributed by atoms with van der Waals surface area (Å²) in [6.45, 7) is 0. The van der Waals surface area contributed by atoms with Gasteiger partial charge in [-0.1, -0.05) is 30.3 Å². The number of amides is 1. The van der Waals surface area contributed by atoms with E-state index in [2.05, 4.69) is 10.6 Å². The summed E-state index contributed by atoms with van der Waals surface area (Å²) >= 11 is 0. The van der Waals surface area contributed by atoms with Gasteiger partial charge in [-0.2, -0.15) is 0 Å². The number of fused-ring (bicyclic) bond motifs is 1. The first-order valence-corrected chi connectivity index (χ1v) is 7.52. The van der Waals surface area contributed by atoms with E-state index in [1.165, 1.54) is 7.11 Å². The van der Waals surface area contributed by atoms with E-state index in [1.54, 1.807) is 30.3 Å². The molecule has 0 aliphatic carbocycles. The zero-order chi connectivity index (χ0) is 17.1. The van der Waals surface area contributed by atoms with Crippen LogP contribution in [0, 0.1) is 0 Å². The third-order valence-electron chi connectivity index (χ3n) is 3.90. The van der Waals surface area contributed by atoms with Crippen molar-refractivity contribution in [3.8, 4) is 11.5 Å². The van der Waals surface area contributed by atoms with Crippen LogP contribution in [0.15, 0.2) is 54.6 Å². The second-order valence-corrected chi connectivity index (χ2v) is 5.27. The second kappa shape index (κ2) is 6.50. The van der Waals surface area contributed by atoms with E-state index >= 15 is 0 Å². The lowest BCUT2D eigenvalue weighted by Gasteiger charge is -2.13. The first-order chi connectivity index (χ1) is 11.7. The number of carbonyl (C=O) groups is 1. The fraction of sp³-hybridized carbons (Fsp3) is 0.105. The number of aromatic hydroxyl groups is 1. The zero-order valence-electron chi connectivity index (χ0n) is 13.5. The minimum Gasteiger partial charge on any atom is -0.506 e. The van der Waals surface area contributed by atoms with Crippen LogP contribution in [0.25, 0.3) is 10.8 Å². The molecule has 0 saturated heterocycles. The van der Waals surface area contributed by atoms with Crippen molar-refractivity contribution in [2.45, 2.75) is 0 Å². The number of anilines is 2. The van der Waals surface area contributed by atoms with Crippen LogP contribution in [0.4, 0.5) is 11.4 Å². The summed E-state index contributed by atoms with van der Waals surface area (Å²) in [5.41, 5.74) is 1.65. The first kappa shape index (κ1) is 15.7. The second-order valence-electron chi connectivity index (χ2n) is 5.27. The van der Waals surface area contributed by atoms with Crippen LogP contribution in [0.1, 0.15) is 10.4 Å². The molecule has 0 aliphatic heterocycles. The number of phenols is 1. The van der Waals surface area contributed by atoms with Crippen molar-refractivity contribution in [1.29, 1.82) is 0 Å². The Morgan fingerprint density at radius 1 is 0.958 bits per heavy atom. The van der Waals surface area contributed by atoms with Crippen LogP contribution < -0.4 is 15.4 Å². The lowest BCUT2D eigenvalue weighted by molar-refractivity contribution is 0.102. The van der Waals surface area contributed by atoms with Crippen LogP contribution >= 0.6 is 0 Å². The quantitative estimate of drug-likeness (QED) is 0.682. The Labute approximate surface area is 139 Å². The van der Waals surface area contributed by atoms with Gasteiger partial charge in [0, 0.05) is 23.5 Å². The average Bonchev–Trinajstić information content (AvgIpc) is 2.62. The largest absolute Gasteiger partial charge is 0.506 e. The SMILES string of the molecule is CNc1cccc2c(O)c(C(=O)Nc3ccccc3OC)ccc12. The summed E-state index contributed by atoms with van der Waals surface area (Å²) in [6, 6.07) is 16.1. The Balaban J connectivity index is 2.00. The van der Waals surface area contributed by atoms with E-state index in [0.717, 1.165) is 11.1 Å². The molecular weight excluding hydrogens is 304 g/mol. The number of carbonyl (C=O) groups excluding carboxylic acids is 1. The minimum atomic E-state index is -0.395. The Morgan fingerprint density at radius 3 is 2.46 bits per heavy atom. The van der Waals surface area contributed by atoms with Gasteiger partial charge < -0.3 is 20.5 Å². The van der Waals surface area contributed by atoms with Crippen LogP contribution in [0.2, 0.25) is 0 Å². The van der Waals surface area contributed by atoms with Crippen molar-refractivity contribution in [2.24, 2.45) is 0 Å². The van der Waals surface area contributed by atoms with Gasteiger partial charge in [0.1, 0.15) is 11.5 Å². The Morgan fingerprint density at radius 2 is 1.71 bits per heavy atom. The van der Waals surface area contributed by atoms with Gasteiger partial charge >= 0.3 is 0 Å². The molecule has 0 unspecified atom stereocenters. The van der Waals surface area contributed by atoms with Crippen molar-refractivity contribution in [1.82, 2.24) is 0 Å². The van der Waals surface area contributed by atoms with Crippen LogP contribution in [-0.4, -0.2) is 25.2 Å². The Hall–Kier alpha value is -3.21. The van der Waals surface area contributed by atoms with Crippen molar-refractivity contribution in [3.05, 3.63) is 60.2 Å². The number of hydrogen-bond acceptors (Lipinski definition) is 4. The summed E-state index contributed by atoms with van der Waals surface area (Å²) in [5.74, 6) is 0.120. The molecule has 0 atom stereocenters.